The van der Waals surface area contributed by atoms with Gasteiger partial charge in [-0.25, -0.2) is 0 Å². The lowest BCUT2D eigenvalue weighted by molar-refractivity contribution is 1.09. The third kappa shape index (κ3) is 1.81. The summed E-state index contributed by atoms with van der Waals surface area (Å²) in [6, 6.07) is 12.6. The van der Waals surface area contributed by atoms with Crippen LogP contribution in [0.3, 0.4) is 0 Å². The minimum absolute atomic E-state index is 0.590. The highest BCUT2D eigenvalue weighted by molar-refractivity contribution is 5.96. The molecule has 2 nitrogen and oxygen atoms in total. The molecule has 0 fully saturated rings. The van der Waals surface area contributed by atoms with Crippen molar-refractivity contribution in [1.82, 2.24) is 0 Å². The van der Waals surface area contributed by atoms with Gasteiger partial charge in [-0.05, 0) is 23.9 Å². The van der Waals surface area contributed by atoms with Gasteiger partial charge in [0.15, 0.2) is 0 Å². The zero-order valence-corrected chi connectivity index (χ0v) is 8.96. The number of benzene rings is 2. The fourth-order valence-corrected chi connectivity index (χ4v) is 1.88. The predicted octanol–water partition coefficient (Wildman–Crippen LogP) is 2.73. The summed E-state index contributed by atoms with van der Waals surface area (Å²) in [7, 11) is 0. The summed E-state index contributed by atoms with van der Waals surface area (Å²) < 4.78 is 0. The third-order valence-corrected chi connectivity index (χ3v) is 2.60. The van der Waals surface area contributed by atoms with E-state index < -0.39 is 0 Å². The lowest BCUT2D eigenvalue weighted by Gasteiger charge is -2.10. The van der Waals surface area contributed by atoms with Gasteiger partial charge in [-0.3, -0.25) is 0 Å². The molecule has 0 amide bonds. The van der Waals surface area contributed by atoms with Gasteiger partial charge in [0.05, 0.1) is 0 Å². The molecule has 0 radical (unpaired) electrons. The summed E-state index contributed by atoms with van der Waals surface area (Å²) in [6.45, 7) is 3.63. The normalized spacial score (nSPS) is 10.5. The molecule has 78 valence electrons. The van der Waals surface area contributed by atoms with Crippen LogP contribution >= 0.6 is 0 Å². The number of rotatable bonds is 3. The summed E-state index contributed by atoms with van der Waals surface area (Å²) >= 11 is 0. The summed E-state index contributed by atoms with van der Waals surface area (Å²) in [6.07, 6.45) is 0. The first-order valence-corrected chi connectivity index (χ1v) is 5.31. The van der Waals surface area contributed by atoms with Crippen LogP contribution in [0.4, 0.5) is 5.69 Å². The fraction of sp³-hybridized carbons (Fsp3) is 0.231. The molecule has 15 heavy (non-hydrogen) atoms. The lowest BCUT2D eigenvalue weighted by atomic mass is 10.0. The van der Waals surface area contributed by atoms with E-state index in [4.69, 9.17) is 5.73 Å². The van der Waals surface area contributed by atoms with Crippen molar-refractivity contribution in [2.45, 2.75) is 13.5 Å². The van der Waals surface area contributed by atoms with Crippen molar-refractivity contribution in [2.75, 3.05) is 11.9 Å². The average Bonchev–Trinajstić information content (AvgIpc) is 2.30. The second kappa shape index (κ2) is 4.32. The lowest BCUT2D eigenvalue weighted by Crippen LogP contribution is -2.01. The molecule has 0 bridgehead atoms. The second-order valence-corrected chi connectivity index (χ2v) is 3.55. The maximum Gasteiger partial charge on any atom is 0.0419 e. The fourth-order valence-electron chi connectivity index (χ4n) is 1.88. The van der Waals surface area contributed by atoms with Crippen molar-refractivity contribution in [3.05, 3.63) is 42.0 Å². The molecule has 2 rings (SSSR count). The summed E-state index contributed by atoms with van der Waals surface area (Å²) in [5, 5.41) is 5.86. The molecule has 2 heteroatoms. The Labute approximate surface area is 90.1 Å². The number of anilines is 1. The molecule has 0 aliphatic rings. The Balaban J connectivity index is 2.66. The van der Waals surface area contributed by atoms with E-state index in [0.717, 1.165) is 6.54 Å². The quantitative estimate of drug-likeness (QED) is 0.799. The van der Waals surface area contributed by atoms with E-state index in [1.54, 1.807) is 0 Å². The van der Waals surface area contributed by atoms with E-state index in [1.165, 1.54) is 22.0 Å². The van der Waals surface area contributed by atoms with Gasteiger partial charge in [-0.15, -0.1) is 0 Å². The van der Waals surface area contributed by atoms with Gasteiger partial charge < -0.3 is 11.1 Å². The Morgan fingerprint density at radius 2 is 1.80 bits per heavy atom. The Morgan fingerprint density at radius 3 is 2.47 bits per heavy atom. The van der Waals surface area contributed by atoms with Crippen molar-refractivity contribution in [1.29, 1.82) is 0 Å². The van der Waals surface area contributed by atoms with Crippen LogP contribution in [0.1, 0.15) is 12.5 Å². The second-order valence-electron chi connectivity index (χ2n) is 3.55. The van der Waals surface area contributed by atoms with E-state index >= 15 is 0 Å². The standard InChI is InChI=1S/C13H16N2/c1-2-15-13-8-7-10(9-14)11-5-3-4-6-12(11)13/h3-8,15H,2,9,14H2,1H3. The minimum atomic E-state index is 0.590. The molecule has 0 aliphatic heterocycles. The van der Waals surface area contributed by atoms with Crippen LogP contribution in [0.5, 0.6) is 0 Å². The van der Waals surface area contributed by atoms with E-state index in [-0.39, 0.29) is 0 Å². The van der Waals surface area contributed by atoms with Crippen molar-refractivity contribution >= 4 is 16.5 Å². The summed E-state index contributed by atoms with van der Waals surface area (Å²) in [5.74, 6) is 0. The SMILES string of the molecule is CCNc1ccc(CN)c2ccccc12. The zero-order chi connectivity index (χ0) is 10.7. The Bertz CT molecular complexity index is 463. The first kappa shape index (κ1) is 9.99. The van der Waals surface area contributed by atoms with Crippen molar-refractivity contribution < 1.29 is 0 Å². The largest absolute Gasteiger partial charge is 0.385 e. The maximum atomic E-state index is 5.72. The first-order chi connectivity index (χ1) is 7.36. The molecule has 0 spiro atoms. The Kier molecular flexibility index (Phi) is 2.88. The molecule has 0 atom stereocenters. The highest BCUT2D eigenvalue weighted by Crippen LogP contribution is 2.26. The topological polar surface area (TPSA) is 38.0 Å². The molecule has 0 saturated carbocycles. The third-order valence-electron chi connectivity index (χ3n) is 2.60. The summed E-state index contributed by atoms with van der Waals surface area (Å²) in [5.41, 5.74) is 8.11. The Hall–Kier alpha value is -1.54. The van der Waals surface area contributed by atoms with E-state index in [2.05, 4.69) is 48.6 Å². The van der Waals surface area contributed by atoms with Crippen LogP contribution in [0.25, 0.3) is 10.8 Å². The Morgan fingerprint density at radius 1 is 1.07 bits per heavy atom. The number of hydrogen-bond acceptors (Lipinski definition) is 2. The van der Waals surface area contributed by atoms with Crippen LogP contribution in [0.15, 0.2) is 36.4 Å². The molecular weight excluding hydrogens is 184 g/mol. The molecule has 0 saturated heterocycles. The van der Waals surface area contributed by atoms with Gasteiger partial charge in [0.25, 0.3) is 0 Å². The molecule has 0 heterocycles. The molecule has 2 aromatic carbocycles. The molecule has 0 aliphatic carbocycles. The van der Waals surface area contributed by atoms with Crippen molar-refractivity contribution in [2.24, 2.45) is 5.73 Å². The highest BCUT2D eigenvalue weighted by atomic mass is 14.9. The molecule has 2 aromatic rings. The zero-order valence-electron chi connectivity index (χ0n) is 8.96. The van der Waals surface area contributed by atoms with Crippen molar-refractivity contribution in [3.63, 3.8) is 0 Å². The first-order valence-electron chi connectivity index (χ1n) is 5.31. The minimum Gasteiger partial charge on any atom is -0.385 e. The summed E-state index contributed by atoms with van der Waals surface area (Å²) in [4.78, 5) is 0. The van der Waals surface area contributed by atoms with E-state index in [0.29, 0.717) is 6.54 Å². The van der Waals surface area contributed by atoms with Gasteiger partial charge in [-0.1, -0.05) is 30.3 Å². The van der Waals surface area contributed by atoms with Gasteiger partial charge in [0, 0.05) is 24.2 Å². The van der Waals surface area contributed by atoms with Gasteiger partial charge >= 0.3 is 0 Å². The van der Waals surface area contributed by atoms with Crippen LogP contribution < -0.4 is 11.1 Å². The number of nitrogens with two attached hydrogens (primary N) is 1. The molecule has 3 N–H and O–H groups in total. The smallest absolute Gasteiger partial charge is 0.0419 e. The number of nitrogens with one attached hydrogen (secondary N) is 1. The van der Waals surface area contributed by atoms with E-state index in [9.17, 15) is 0 Å². The van der Waals surface area contributed by atoms with E-state index in [1.807, 2.05) is 0 Å². The monoisotopic (exact) mass is 200 g/mol. The van der Waals surface area contributed by atoms with Crippen LogP contribution in [0, 0.1) is 0 Å². The maximum absolute atomic E-state index is 5.72. The number of fused-ring (bicyclic) bond motifs is 1. The van der Waals surface area contributed by atoms with Crippen molar-refractivity contribution in [3.8, 4) is 0 Å². The molecule has 0 unspecified atom stereocenters. The van der Waals surface area contributed by atoms with Gasteiger partial charge in [-0.2, -0.15) is 0 Å². The van der Waals surface area contributed by atoms with Gasteiger partial charge in [0.1, 0.15) is 0 Å². The predicted molar refractivity (Wildman–Crippen MR) is 66.0 cm³/mol. The number of hydrogen-bond donors (Lipinski definition) is 2. The van der Waals surface area contributed by atoms with Crippen LogP contribution in [0.2, 0.25) is 0 Å². The van der Waals surface area contributed by atoms with Gasteiger partial charge in [0.2, 0.25) is 0 Å². The van der Waals surface area contributed by atoms with Crippen LogP contribution in [-0.4, -0.2) is 6.54 Å². The average molecular weight is 200 g/mol. The highest BCUT2D eigenvalue weighted by Gasteiger charge is 2.02. The van der Waals surface area contributed by atoms with Crippen LogP contribution in [-0.2, 0) is 6.54 Å². The molecule has 0 aromatic heterocycles. The molecular formula is C13H16N2.